The number of allylic oxidation sites excluding steroid dienone is 1. The van der Waals surface area contributed by atoms with Crippen LogP contribution >= 0.6 is 0 Å². The van der Waals surface area contributed by atoms with Crippen LogP contribution in [0.3, 0.4) is 0 Å². The van der Waals surface area contributed by atoms with Gasteiger partial charge in [-0.25, -0.2) is 0 Å². The first-order chi connectivity index (χ1) is 12.9. The van der Waals surface area contributed by atoms with Gasteiger partial charge in [-0.2, -0.15) is 0 Å². The Labute approximate surface area is 163 Å². The molecule has 3 aromatic rings. The van der Waals surface area contributed by atoms with E-state index in [0.29, 0.717) is 6.04 Å². The van der Waals surface area contributed by atoms with Gasteiger partial charge in [0, 0.05) is 29.9 Å². The Morgan fingerprint density at radius 1 is 1.04 bits per heavy atom. The lowest BCUT2D eigenvalue weighted by molar-refractivity contribution is 0.242. The van der Waals surface area contributed by atoms with Gasteiger partial charge < -0.3 is 4.57 Å². The maximum Gasteiger partial charge on any atom is 0.0529 e. The number of nitrogens with zero attached hydrogens (tertiary/aromatic N) is 2. The summed E-state index contributed by atoms with van der Waals surface area (Å²) >= 11 is 0. The minimum Gasteiger partial charge on any atom is -0.318 e. The Balaban J connectivity index is 1.94. The van der Waals surface area contributed by atoms with Crippen molar-refractivity contribution in [3.63, 3.8) is 0 Å². The molecule has 0 saturated carbocycles. The number of benzene rings is 2. The third-order valence-electron chi connectivity index (χ3n) is 6.36. The molecule has 1 aromatic heterocycles. The van der Waals surface area contributed by atoms with Gasteiger partial charge in [-0.3, -0.25) is 4.90 Å². The van der Waals surface area contributed by atoms with Gasteiger partial charge in [-0.15, -0.1) is 0 Å². The fraction of sp³-hybridized carbons (Fsp3) is 0.360. The largest absolute Gasteiger partial charge is 0.318 e. The second-order valence-corrected chi connectivity index (χ2v) is 8.27. The third-order valence-corrected chi connectivity index (χ3v) is 6.36. The minimum atomic E-state index is 0.422. The highest BCUT2D eigenvalue weighted by atomic mass is 15.2. The van der Waals surface area contributed by atoms with Gasteiger partial charge in [0.15, 0.2) is 0 Å². The van der Waals surface area contributed by atoms with Crippen LogP contribution < -0.4 is 0 Å². The lowest BCUT2D eigenvalue weighted by Gasteiger charge is -2.31. The molecule has 4 rings (SSSR count). The molecule has 1 aliphatic heterocycles. The minimum absolute atomic E-state index is 0.422. The summed E-state index contributed by atoms with van der Waals surface area (Å²) in [7, 11) is 2.24. The first-order valence-electron chi connectivity index (χ1n) is 9.96. The average molecular weight is 359 g/mol. The van der Waals surface area contributed by atoms with E-state index >= 15 is 0 Å². The standard InChI is InChI=1S/C25H30N2/c1-16-7-10-24-23(13-16)22-11-12-26(6)20(5)25(22)27(24)15-19(4)21-9-8-17(2)18(3)14-21/h7-10,13-15,20H,11-12H2,1-6H3/b19-15+. The number of fused-ring (bicyclic) bond motifs is 3. The van der Waals surface area contributed by atoms with Crippen LogP contribution in [0.25, 0.3) is 22.7 Å². The molecule has 1 atom stereocenters. The van der Waals surface area contributed by atoms with Crippen LogP contribution in [-0.4, -0.2) is 23.1 Å². The van der Waals surface area contributed by atoms with Gasteiger partial charge in [-0.05, 0) is 88.0 Å². The summed E-state index contributed by atoms with van der Waals surface area (Å²) in [5.41, 5.74) is 11.0. The van der Waals surface area contributed by atoms with E-state index in [1.54, 1.807) is 0 Å². The van der Waals surface area contributed by atoms with Gasteiger partial charge in [0.05, 0.1) is 5.52 Å². The first kappa shape index (κ1) is 18.1. The van der Waals surface area contributed by atoms with E-state index in [-0.39, 0.29) is 0 Å². The summed E-state index contributed by atoms with van der Waals surface area (Å²) in [4.78, 5) is 2.46. The summed E-state index contributed by atoms with van der Waals surface area (Å²) < 4.78 is 2.45. The van der Waals surface area contributed by atoms with E-state index in [0.717, 1.165) is 13.0 Å². The summed E-state index contributed by atoms with van der Waals surface area (Å²) in [5, 5.41) is 1.43. The fourth-order valence-corrected chi connectivity index (χ4v) is 4.32. The van der Waals surface area contributed by atoms with Crippen LogP contribution in [0.15, 0.2) is 36.4 Å². The molecular formula is C25H30N2. The molecule has 27 heavy (non-hydrogen) atoms. The highest BCUT2D eigenvalue weighted by Gasteiger charge is 2.27. The molecule has 1 aliphatic rings. The second kappa shape index (κ2) is 6.69. The molecule has 0 radical (unpaired) electrons. The van der Waals surface area contributed by atoms with Crippen molar-refractivity contribution in [1.29, 1.82) is 0 Å². The summed E-state index contributed by atoms with van der Waals surface area (Å²) in [5.74, 6) is 0. The number of rotatable bonds is 2. The topological polar surface area (TPSA) is 8.17 Å². The Hall–Kier alpha value is -2.32. The average Bonchev–Trinajstić information content (AvgIpc) is 2.94. The van der Waals surface area contributed by atoms with Crippen molar-refractivity contribution in [2.45, 2.75) is 47.1 Å². The van der Waals surface area contributed by atoms with Crippen molar-refractivity contribution in [2.75, 3.05) is 13.6 Å². The fourth-order valence-electron chi connectivity index (χ4n) is 4.32. The van der Waals surface area contributed by atoms with Gasteiger partial charge in [-0.1, -0.05) is 29.8 Å². The lowest BCUT2D eigenvalue weighted by Crippen LogP contribution is -2.31. The van der Waals surface area contributed by atoms with Crippen molar-refractivity contribution < 1.29 is 0 Å². The summed E-state index contributed by atoms with van der Waals surface area (Å²) in [6.45, 7) is 12.2. The molecule has 0 aliphatic carbocycles. The predicted molar refractivity (Wildman–Crippen MR) is 117 cm³/mol. The molecule has 2 aromatic carbocycles. The second-order valence-electron chi connectivity index (χ2n) is 8.27. The monoisotopic (exact) mass is 358 g/mol. The number of aryl methyl sites for hydroxylation is 3. The van der Waals surface area contributed by atoms with E-state index in [9.17, 15) is 0 Å². The van der Waals surface area contributed by atoms with E-state index in [2.05, 4.69) is 93.7 Å². The van der Waals surface area contributed by atoms with Gasteiger partial charge in [0.1, 0.15) is 0 Å². The third kappa shape index (κ3) is 3.02. The summed E-state index contributed by atoms with van der Waals surface area (Å²) in [6.07, 6.45) is 3.47. The highest BCUT2D eigenvalue weighted by Crippen LogP contribution is 2.37. The van der Waals surface area contributed by atoms with Crippen LogP contribution in [0.5, 0.6) is 0 Å². The van der Waals surface area contributed by atoms with Crippen molar-refractivity contribution in [3.05, 3.63) is 69.9 Å². The zero-order chi connectivity index (χ0) is 19.3. The zero-order valence-electron chi connectivity index (χ0n) is 17.4. The van der Waals surface area contributed by atoms with Gasteiger partial charge in [0.2, 0.25) is 0 Å². The molecule has 0 saturated heterocycles. The van der Waals surface area contributed by atoms with Crippen molar-refractivity contribution in [1.82, 2.24) is 9.47 Å². The van der Waals surface area contributed by atoms with E-state index < -0.39 is 0 Å². The van der Waals surface area contributed by atoms with E-state index in [1.807, 2.05) is 0 Å². The molecule has 0 bridgehead atoms. The molecular weight excluding hydrogens is 328 g/mol. The number of likely N-dealkylation sites (N-methyl/N-ethyl adjacent to an activating group) is 1. The number of aromatic nitrogens is 1. The maximum absolute atomic E-state index is 2.46. The van der Waals surface area contributed by atoms with Crippen LogP contribution in [-0.2, 0) is 6.42 Å². The zero-order valence-corrected chi connectivity index (χ0v) is 17.4. The van der Waals surface area contributed by atoms with Crippen molar-refractivity contribution in [2.24, 2.45) is 0 Å². The molecule has 2 nitrogen and oxygen atoms in total. The molecule has 0 amide bonds. The Morgan fingerprint density at radius 2 is 1.81 bits per heavy atom. The highest BCUT2D eigenvalue weighted by molar-refractivity contribution is 5.90. The normalized spacial score (nSPS) is 18.1. The van der Waals surface area contributed by atoms with Crippen LogP contribution in [0.4, 0.5) is 0 Å². The van der Waals surface area contributed by atoms with Crippen LogP contribution in [0.1, 0.15) is 53.4 Å². The van der Waals surface area contributed by atoms with Gasteiger partial charge in [0.25, 0.3) is 0 Å². The van der Waals surface area contributed by atoms with E-state index in [1.165, 1.54) is 50.0 Å². The van der Waals surface area contributed by atoms with Crippen molar-refractivity contribution in [3.8, 4) is 0 Å². The summed E-state index contributed by atoms with van der Waals surface area (Å²) in [6, 6.07) is 14.1. The number of hydrogen-bond acceptors (Lipinski definition) is 1. The van der Waals surface area contributed by atoms with Gasteiger partial charge >= 0.3 is 0 Å². The molecule has 2 heteroatoms. The molecule has 0 N–H and O–H groups in total. The molecule has 2 heterocycles. The molecule has 0 fully saturated rings. The SMILES string of the molecule is C/C(=C\n1c2c(c3cc(C)ccc31)CCN(C)C2C)c1ccc(C)c(C)c1. The quantitative estimate of drug-likeness (QED) is 0.535. The Kier molecular flexibility index (Phi) is 4.47. The first-order valence-corrected chi connectivity index (χ1v) is 9.96. The molecule has 0 spiro atoms. The molecule has 140 valence electrons. The van der Waals surface area contributed by atoms with Crippen LogP contribution in [0.2, 0.25) is 0 Å². The smallest absolute Gasteiger partial charge is 0.0529 e. The van der Waals surface area contributed by atoms with E-state index in [4.69, 9.17) is 0 Å². The Bertz CT molecular complexity index is 1050. The van der Waals surface area contributed by atoms with Crippen molar-refractivity contribution >= 4 is 22.7 Å². The maximum atomic E-state index is 2.46. The lowest BCUT2D eigenvalue weighted by atomic mass is 9.98. The predicted octanol–water partition coefficient (Wildman–Crippen LogP) is 6.13. The Morgan fingerprint density at radius 3 is 2.56 bits per heavy atom. The van der Waals surface area contributed by atoms with Crippen LogP contribution in [0, 0.1) is 20.8 Å². The number of hydrogen-bond donors (Lipinski definition) is 0. The molecule has 1 unspecified atom stereocenters.